The summed E-state index contributed by atoms with van der Waals surface area (Å²) in [6.45, 7) is 5.23. The SMILES string of the molecule is COc1cccc(Nc2nccc(NCCCN3CCNC3)n2)c1. The molecule has 7 nitrogen and oxygen atoms in total. The van der Waals surface area contributed by atoms with Gasteiger partial charge < -0.3 is 20.7 Å². The predicted octanol–water partition coefficient (Wildman–Crippen LogP) is 1.89. The summed E-state index contributed by atoms with van der Waals surface area (Å²) in [6.07, 6.45) is 2.84. The van der Waals surface area contributed by atoms with Gasteiger partial charge in [0.2, 0.25) is 5.95 Å². The Morgan fingerprint density at radius 1 is 1.33 bits per heavy atom. The fourth-order valence-electron chi connectivity index (χ4n) is 2.61. The second kappa shape index (κ2) is 8.47. The van der Waals surface area contributed by atoms with Gasteiger partial charge in [0.25, 0.3) is 0 Å². The second-order valence-electron chi connectivity index (χ2n) is 5.68. The van der Waals surface area contributed by atoms with Crippen molar-refractivity contribution in [2.24, 2.45) is 0 Å². The molecule has 0 saturated carbocycles. The maximum absolute atomic E-state index is 5.22. The van der Waals surface area contributed by atoms with Crippen molar-refractivity contribution in [3.8, 4) is 5.75 Å². The summed E-state index contributed by atoms with van der Waals surface area (Å²) in [5.41, 5.74) is 0.896. The molecule has 0 aliphatic carbocycles. The number of ether oxygens (including phenoxy) is 1. The Bertz CT molecular complexity index is 644. The molecule has 0 amide bonds. The van der Waals surface area contributed by atoms with E-state index >= 15 is 0 Å². The minimum Gasteiger partial charge on any atom is -0.497 e. The van der Waals surface area contributed by atoms with Crippen LogP contribution in [0.2, 0.25) is 0 Å². The van der Waals surface area contributed by atoms with E-state index in [9.17, 15) is 0 Å². The quantitative estimate of drug-likeness (QED) is 0.639. The molecule has 1 aliphatic rings. The molecule has 24 heavy (non-hydrogen) atoms. The van der Waals surface area contributed by atoms with E-state index in [0.717, 1.165) is 56.5 Å². The molecule has 1 aliphatic heterocycles. The lowest BCUT2D eigenvalue weighted by molar-refractivity contribution is 0.333. The van der Waals surface area contributed by atoms with Crippen LogP contribution in [-0.2, 0) is 0 Å². The molecule has 2 aromatic rings. The lowest BCUT2D eigenvalue weighted by Gasteiger charge is -2.14. The van der Waals surface area contributed by atoms with Gasteiger partial charge in [0.15, 0.2) is 0 Å². The van der Waals surface area contributed by atoms with Gasteiger partial charge in [-0.05, 0) is 24.6 Å². The van der Waals surface area contributed by atoms with Crippen LogP contribution < -0.4 is 20.7 Å². The summed E-state index contributed by atoms with van der Waals surface area (Å²) in [5, 5.41) is 9.89. The average molecular weight is 328 g/mol. The van der Waals surface area contributed by atoms with Crippen LogP contribution in [0.1, 0.15) is 6.42 Å². The Morgan fingerprint density at radius 3 is 3.12 bits per heavy atom. The molecule has 1 fully saturated rings. The highest BCUT2D eigenvalue weighted by atomic mass is 16.5. The van der Waals surface area contributed by atoms with Crippen molar-refractivity contribution in [3.63, 3.8) is 0 Å². The monoisotopic (exact) mass is 328 g/mol. The zero-order valence-electron chi connectivity index (χ0n) is 14.0. The number of hydrogen-bond donors (Lipinski definition) is 3. The van der Waals surface area contributed by atoms with E-state index in [2.05, 4.69) is 30.8 Å². The summed E-state index contributed by atoms with van der Waals surface area (Å²) in [6, 6.07) is 9.58. The normalized spacial score (nSPS) is 14.5. The fraction of sp³-hybridized carbons (Fsp3) is 0.412. The molecule has 3 N–H and O–H groups in total. The Hall–Kier alpha value is -2.38. The summed E-state index contributed by atoms with van der Waals surface area (Å²) >= 11 is 0. The summed E-state index contributed by atoms with van der Waals surface area (Å²) in [4.78, 5) is 11.2. The van der Waals surface area contributed by atoms with Crippen LogP contribution in [0.3, 0.4) is 0 Å². The van der Waals surface area contributed by atoms with Crippen molar-refractivity contribution in [1.82, 2.24) is 20.2 Å². The number of nitrogens with one attached hydrogen (secondary N) is 3. The largest absolute Gasteiger partial charge is 0.497 e. The summed E-state index contributed by atoms with van der Waals surface area (Å²) in [7, 11) is 1.65. The number of rotatable bonds is 8. The van der Waals surface area contributed by atoms with Crippen LogP contribution in [-0.4, -0.2) is 54.8 Å². The molecule has 0 bridgehead atoms. The molecule has 2 heterocycles. The van der Waals surface area contributed by atoms with Crippen LogP contribution in [0, 0.1) is 0 Å². The summed E-state index contributed by atoms with van der Waals surface area (Å²) in [5.74, 6) is 2.19. The molecular weight excluding hydrogens is 304 g/mol. The fourth-order valence-corrected chi connectivity index (χ4v) is 2.61. The van der Waals surface area contributed by atoms with Gasteiger partial charge in [0.05, 0.1) is 7.11 Å². The second-order valence-corrected chi connectivity index (χ2v) is 5.68. The molecule has 7 heteroatoms. The molecule has 0 unspecified atom stereocenters. The van der Waals surface area contributed by atoms with Crippen molar-refractivity contribution >= 4 is 17.5 Å². The van der Waals surface area contributed by atoms with Crippen LogP contribution >= 0.6 is 0 Å². The molecule has 1 saturated heterocycles. The lowest BCUT2D eigenvalue weighted by Crippen LogP contribution is -2.24. The van der Waals surface area contributed by atoms with Gasteiger partial charge >= 0.3 is 0 Å². The van der Waals surface area contributed by atoms with E-state index in [0.29, 0.717) is 5.95 Å². The zero-order chi connectivity index (χ0) is 16.6. The van der Waals surface area contributed by atoms with Gasteiger partial charge in [-0.1, -0.05) is 6.07 Å². The topological polar surface area (TPSA) is 74.3 Å². The van der Waals surface area contributed by atoms with E-state index in [-0.39, 0.29) is 0 Å². The number of anilines is 3. The molecular formula is C17H24N6O. The third kappa shape index (κ3) is 4.81. The van der Waals surface area contributed by atoms with Crippen molar-refractivity contribution in [2.45, 2.75) is 6.42 Å². The highest BCUT2D eigenvalue weighted by Gasteiger charge is 2.09. The van der Waals surface area contributed by atoms with E-state index in [1.165, 1.54) is 0 Å². The Labute approximate surface area is 142 Å². The molecule has 1 aromatic heterocycles. The molecule has 1 aromatic carbocycles. The van der Waals surface area contributed by atoms with Gasteiger partial charge in [-0.15, -0.1) is 0 Å². The standard InChI is InChI=1S/C17H24N6O/c1-24-15-5-2-4-14(12-15)21-17-20-8-6-16(22-17)19-7-3-10-23-11-9-18-13-23/h2,4-6,8,12,18H,3,7,9-11,13H2,1H3,(H2,19,20,21,22). The average Bonchev–Trinajstić information content (AvgIpc) is 3.13. The van der Waals surface area contributed by atoms with Gasteiger partial charge in [0.1, 0.15) is 11.6 Å². The van der Waals surface area contributed by atoms with Gasteiger partial charge in [0, 0.05) is 50.8 Å². The van der Waals surface area contributed by atoms with Crippen LogP contribution in [0.4, 0.5) is 17.5 Å². The maximum atomic E-state index is 5.22. The van der Waals surface area contributed by atoms with Gasteiger partial charge in [-0.2, -0.15) is 4.98 Å². The maximum Gasteiger partial charge on any atom is 0.229 e. The number of methoxy groups -OCH3 is 1. The molecule has 0 radical (unpaired) electrons. The smallest absolute Gasteiger partial charge is 0.229 e. The predicted molar refractivity (Wildman–Crippen MR) is 95.9 cm³/mol. The first-order valence-electron chi connectivity index (χ1n) is 8.24. The number of nitrogens with zero attached hydrogens (tertiary/aromatic N) is 3. The molecule has 128 valence electrons. The minimum atomic E-state index is 0.567. The van der Waals surface area contributed by atoms with Crippen LogP contribution in [0.5, 0.6) is 5.75 Å². The van der Waals surface area contributed by atoms with Crippen LogP contribution in [0.15, 0.2) is 36.5 Å². The van der Waals surface area contributed by atoms with E-state index < -0.39 is 0 Å². The Kier molecular flexibility index (Phi) is 5.81. The number of aromatic nitrogens is 2. The Morgan fingerprint density at radius 2 is 2.29 bits per heavy atom. The highest BCUT2D eigenvalue weighted by Crippen LogP contribution is 2.19. The first-order chi connectivity index (χ1) is 11.8. The minimum absolute atomic E-state index is 0.567. The zero-order valence-corrected chi connectivity index (χ0v) is 14.0. The molecule has 0 spiro atoms. The highest BCUT2D eigenvalue weighted by molar-refractivity contribution is 5.56. The van der Waals surface area contributed by atoms with Crippen molar-refractivity contribution in [3.05, 3.63) is 36.5 Å². The number of benzene rings is 1. The summed E-state index contributed by atoms with van der Waals surface area (Å²) < 4.78 is 5.22. The van der Waals surface area contributed by atoms with Crippen molar-refractivity contribution < 1.29 is 4.74 Å². The first-order valence-corrected chi connectivity index (χ1v) is 8.24. The van der Waals surface area contributed by atoms with Crippen molar-refractivity contribution in [2.75, 3.05) is 50.6 Å². The van der Waals surface area contributed by atoms with Crippen molar-refractivity contribution in [1.29, 1.82) is 0 Å². The molecule has 0 atom stereocenters. The van der Waals surface area contributed by atoms with Crippen LogP contribution in [0.25, 0.3) is 0 Å². The van der Waals surface area contributed by atoms with E-state index in [4.69, 9.17) is 4.74 Å². The third-order valence-electron chi connectivity index (χ3n) is 3.88. The van der Waals surface area contributed by atoms with E-state index in [1.807, 2.05) is 30.3 Å². The molecule has 3 rings (SSSR count). The number of hydrogen-bond acceptors (Lipinski definition) is 7. The van der Waals surface area contributed by atoms with Gasteiger partial charge in [-0.25, -0.2) is 4.98 Å². The third-order valence-corrected chi connectivity index (χ3v) is 3.88. The van der Waals surface area contributed by atoms with Gasteiger partial charge in [-0.3, -0.25) is 4.90 Å². The van der Waals surface area contributed by atoms with E-state index in [1.54, 1.807) is 13.3 Å². The first kappa shape index (κ1) is 16.5. The Balaban J connectivity index is 1.49. The lowest BCUT2D eigenvalue weighted by atomic mass is 10.3.